The third kappa shape index (κ3) is 2.21. The average molecular weight is 237 g/mol. The van der Waals surface area contributed by atoms with Gasteiger partial charge in [0.15, 0.2) is 11.5 Å². The van der Waals surface area contributed by atoms with Crippen LogP contribution in [0.5, 0.6) is 11.5 Å². The highest BCUT2D eigenvalue weighted by Crippen LogP contribution is 2.37. The minimum atomic E-state index is 0.330. The van der Waals surface area contributed by atoms with Crippen LogP contribution >= 0.6 is 0 Å². The standard InChI is InChI=1S/C13H7N3O2/c14-8-17-11-2-1-3-12(18-9-15)13(11)10-4-6-16-7-5-10/h1-7H. The molecule has 5 nitrogen and oxygen atoms in total. The minimum absolute atomic E-state index is 0.330. The molecule has 0 bridgehead atoms. The van der Waals surface area contributed by atoms with Gasteiger partial charge < -0.3 is 9.47 Å². The van der Waals surface area contributed by atoms with E-state index < -0.39 is 0 Å². The van der Waals surface area contributed by atoms with Crippen LogP contribution in [0.3, 0.4) is 0 Å². The molecule has 0 atom stereocenters. The maximum atomic E-state index is 8.62. The van der Waals surface area contributed by atoms with Crippen LogP contribution in [-0.2, 0) is 0 Å². The first-order valence-corrected chi connectivity index (χ1v) is 5.02. The molecular formula is C13H7N3O2. The Hall–Kier alpha value is -3.05. The van der Waals surface area contributed by atoms with Crippen LogP contribution < -0.4 is 9.47 Å². The molecular weight excluding hydrogens is 230 g/mol. The van der Waals surface area contributed by atoms with E-state index in [1.807, 2.05) is 0 Å². The molecule has 0 aliphatic heterocycles. The molecule has 86 valence electrons. The van der Waals surface area contributed by atoms with E-state index >= 15 is 0 Å². The highest BCUT2D eigenvalue weighted by Gasteiger charge is 2.13. The van der Waals surface area contributed by atoms with Crippen LogP contribution in [0, 0.1) is 23.0 Å². The zero-order valence-electron chi connectivity index (χ0n) is 9.20. The number of benzene rings is 1. The monoisotopic (exact) mass is 237 g/mol. The smallest absolute Gasteiger partial charge is 0.292 e. The second-order valence-electron chi connectivity index (χ2n) is 3.25. The van der Waals surface area contributed by atoms with E-state index in [1.165, 1.54) is 0 Å². The molecule has 0 unspecified atom stereocenters. The lowest BCUT2D eigenvalue weighted by atomic mass is 10.0. The molecule has 18 heavy (non-hydrogen) atoms. The predicted octanol–water partition coefficient (Wildman–Crippen LogP) is 2.47. The molecule has 0 aliphatic carbocycles. The van der Waals surface area contributed by atoms with Crippen molar-refractivity contribution in [2.75, 3.05) is 0 Å². The molecule has 1 aromatic carbocycles. The van der Waals surface area contributed by atoms with E-state index in [9.17, 15) is 0 Å². The van der Waals surface area contributed by atoms with E-state index in [0.29, 0.717) is 17.1 Å². The Labute approximate surface area is 103 Å². The van der Waals surface area contributed by atoms with Crippen LogP contribution in [0.2, 0.25) is 0 Å². The normalized spacial score (nSPS) is 9.00. The first-order chi connectivity index (χ1) is 8.86. The van der Waals surface area contributed by atoms with E-state index in [0.717, 1.165) is 5.56 Å². The van der Waals surface area contributed by atoms with Crippen molar-refractivity contribution in [2.45, 2.75) is 0 Å². The quantitative estimate of drug-likeness (QED) is 0.766. The summed E-state index contributed by atoms with van der Waals surface area (Å²) in [5.41, 5.74) is 1.30. The van der Waals surface area contributed by atoms with Gasteiger partial charge in [-0.3, -0.25) is 4.98 Å². The summed E-state index contributed by atoms with van der Waals surface area (Å²) in [5, 5.41) is 17.2. The molecule has 5 heteroatoms. The van der Waals surface area contributed by atoms with Gasteiger partial charge in [-0.2, -0.15) is 0 Å². The van der Waals surface area contributed by atoms with Crippen molar-refractivity contribution < 1.29 is 9.47 Å². The zero-order chi connectivity index (χ0) is 12.8. The Kier molecular flexibility index (Phi) is 3.39. The van der Waals surface area contributed by atoms with Gasteiger partial charge >= 0.3 is 0 Å². The molecule has 1 aromatic heterocycles. The molecule has 2 rings (SSSR count). The van der Waals surface area contributed by atoms with Crippen LogP contribution in [0.15, 0.2) is 42.7 Å². The molecule has 0 radical (unpaired) electrons. The third-order valence-electron chi connectivity index (χ3n) is 2.27. The molecule has 0 amide bonds. The number of ether oxygens (including phenoxy) is 2. The summed E-state index contributed by atoms with van der Waals surface area (Å²) in [6, 6.07) is 8.38. The molecule has 2 aromatic rings. The Balaban J connectivity index is 2.62. The Bertz CT molecular complexity index is 593. The number of hydrogen-bond donors (Lipinski definition) is 0. The number of rotatable bonds is 3. The van der Waals surface area contributed by atoms with Gasteiger partial charge in [0, 0.05) is 12.4 Å². The molecule has 0 saturated carbocycles. The number of hydrogen-bond acceptors (Lipinski definition) is 5. The molecule has 0 fully saturated rings. The number of nitriles is 2. The second-order valence-corrected chi connectivity index (χ2v) is 3.25. The van der Waals surface area contributed by atoms with Crippen molar-refractivity contribution in [1.82, 2.24) is 4.98 Å². The Morgan fingerprint density at radius 1 is 0.889 bits per heavy atom. The van der Waals surface area contributed by atoms with E-state index in [2.05, 4.69) is 4.98 Å². The van der Waals surface area contributed by atoms with E-state index in [4.69, 9.17) is 20.0 Å². The average Bonchev–Trinajstić information content (AvgIpc) is 2.41. The summed E-state index contributed by atoms with van der Waals surface area (Å²) in [7, 11) is 0. The lowest BCUT2D eigenvalue weighted by Gasteiger charge is -2.09. The van der Waals surface area contributed by atoms with Gasteiger partial charge in [0.25, 0.3) is 12.5 Å². The largest absolute Gasteiger partial charge is 0.387 e. The SMILES string of the molecule is N#COc1cccc(OC#N)c1-c1ccncc1. The van der Waals surface area contributed by atoms with Crippen LogP contribution in [-0.4, -0.2) is 4.98 Å². The molecule has 1 heterocycles. The van der Waals surface area contributed by atoms with Gasteiger partial charge in [-0.15, -0.1) is 10.5 Å². The van der Waals surface area contributed by atoms with Crippen molar-refractivity contribution in [3.8, 4) is 35.1 Å². The van der Waals surface area contributed by atoms with Crippen molar-refractivity contribution in [2.24, 2.45) is 0 Å². The van der Waals surface area contributed by atoms with Crippen molar-refractivity contribution >= 4 is 0 Å². The fraction of sp³-hybridized carbons (Fsp3) is 0. The van der Waals surface area contributed by atoms with Crippen molar-refractivity contribution in [3.05, 3.63) is 42.7 Å². The Morgan fingerprint density at radius 3 is 1.94 bits per heavy atom. The van der Waals surface area contributed by atoms with Gasteiger partial charge in [-0.25, -0.2) is 0 Å². The van der Waals surface area contributed by atoms with Gasteiger partial charge in [0.1, 0.15) is 0 Å². The van der Waals surface area contributed by atoms with Crippen LogP contribution in [0.1, 0.15) is 0 Å². The van der Waals surface area contributed by atoms with E-state index in [-0.39, 0.29) is 0 Å². The maximum Gasteiger partial charge on any atom is 0.292 e. The summed E-state index contributed by atoms with van der Waals surface area (Å²) in [6.45, 7) is 0. The molecule has 0 spiro atoms. The maximum absolute atomic E-state index is 8.62. The lowest BCUT2D eigenvalue weighted by molar-refractivity contribution is 0.487. The van der Waals surface area contributed by atoms with Crippen molar-refractivity contribution in [1.29, 1.82) is 10.5 Å². The van der Waals surface area contributed by atoms with Crippen LogP contribution in [0.25, 0.3) is 11.1 Å². The zero-order valence-corrected chi connectivity index (χ0v) is 9.20. The Morgan fingerprint density at radius 2 is 1.44 bits per heavy atom. The predicted molar refractivity (Wildman–Crippen MR) is 62.2 cm³/mol. The highest BCUT2D eigenvalue weighted by atomic mass is 16.5. The lowest BCUT2D eigenvalue weighted by Crippen LogP contribution is -1.92. The fourth-order valence-corrected chi connectivity index (χ4v) is 1.58. The summed E-state index contributed by atoms with van der Waals surface area (Å²) >= 11 is 0. The summed E-state index contributed by atoms with van der Waals surface area (Å²) in [4.78, 5) is 3.91. The number of aromatic nitrogens is 1. The van der Waals surface area contributed by atoms with Crippen LogP contribution in [0.4, 0.5) is 0 Å². The number of pyridine rings is 1. The summed E-state index contributed by atoms with van der Waals surface area (Å²) in [5.74, 6) is 0.660. The summed E-state index contributed by atoms with van der Waals surface area (Å²) < 4.78 is 9.75. The fourth-order valence-electron chi connectivity index (χ4n) is 1.58. The summed E-state index contributed by atoms with van der Waals surface area (Å²) in [6.07, 6.45) is 6.43. The third-order valence-corrected chi connectivity index (χ3v) is 2.27. The minimum Gasteiger partial charge on any atom is -0.387 e. The van der Waals surface area contributed by atoms with Crippen molar-refractivity contribution in [3.63, 3.8) is 0 Å². The first-order valence-electron chi connectivity index (χ1n) is 5.02. The number of nitrogens with zero attached hydrogens (tertiary/aromatic N) is 3. The van der Waals surface area contributed by atoms with Gasteiger partial charge in [0.2, 0.25) is 0 Å². The highest BCUT2D eigenvalue weighted by molar-refractivity contribution is 5.76. The first kappa shape index (κ1) is 11.4. The van der Waals surface area contributed by atoms with Gasteiger partial charge in [-0.1, -0.05) is 6.07 Å². The molecule has 0 N–H and O–H groups in total. The van der Waals surface area contributed by atoms with Gasteiger partial charge in [0.05, 0.1) is 5.56 Å². The molecule has 0 aliphatic rings. The van der Waals surface area contributed by atoms with Gasteiger partial charge in [-0.05, 0) is 29.8 Å². The second kappa shape index (κ2) is 5.33. The topological polar surface area (TPSA) is 78.9 Å². The van der Waals surface area contributed by atoms with E-state index in [1.54, 1.807) is 55.2 Å². The molecule has 0 saturated heterocycles.